The molecule has 1 heterocycles. The first-order valence-corrected chi connectivity index (χ1v) is 1.27. The summed E-state index contributed by atoms with van der Waals surface area (Å²) >= 11 is 0. The number of hydrogen-bond acceptors (Lipinski definition) is 1. The van der Waals surface area contributed by atoms with Crippen molar-refractivity contribution in [1.82, 2.24) is 10.2 Å². The first-order chi connectivity index (χ1) is 2.50. The Labute approximate surface area is 69.4 Å². The minimum Gasteiger partial charge on any atom is -0.497 e. The van der Waals surface area contributed by atoms with E-state index < -0.39 is 0 Å². The summed E-state index contributed by atoms with van der Waals surface area (Å²) in [5, 5.41) is 5.85. The van der Waals surface area contributed by atoms with Crippen LogP contribution in [-0.2, 0) is 40.8 Å². The molecule has 0 aliphatic heterocycles. The first-order valence-electron chi connectivity index (χ1n) is 1.27. The molecule has 0 atom stereocenters. The van der Waals surface area contributed by atoms with Gasteiger partial charge >= 0.3 is 0 Å². The molecule has 0 aliphatic carbocycles. The normalized spacial score (nSPS) is 5.71. The predicted molar refractivity (Wildman–Crippen MR) is 16.3 cm³/mol. The zero-order valence-corrected chi connectivity index (χ0v) is 8.71. The van der Waals surface area contributed by atoms with Gasteiger partial charge in [0, 0.05) is 40.8 Å². The SMILES string of the molecule is [Re].[Re].[c-]1c[c-][nH]n1. The molecule has 4 heteroatoms. The van der Waals surface area contributed by atoms with Crippen LogP contribution < -0.4 is 0 Å². The average molecular weight is 438 g/mol. The Morgan fingerprint density at radius 2 is 2.14 bits per heavy atom. The molecule has 40 valence electrons. The van der Waals surface area contributed by atoms with Crippen molar-refractivity contribution in [3.05, 3.63) is 18.5 Å². The van der Waals surface area contributed by atoms with E-state index in [0.29, 0.717) is 0 Å². The number of aromatic amines is 1. The number of nitrogens with one attached hydrogen (secondary N) is 1. The van der Waals surface area contributed by atoms with Crippen LogP contribution in [0.2, 0.25) is 0 Å². The van der Waals surface area contributed by atoms with Gasteiger partial charge in [-0.05, 0) is 0 Å². The van der Waals surface area contributed by atoms with E-state index in [0.717, 1.165) is 0 Å². The largest absolute Gasteiger partial charge is 0.497 e. The molecule has 0 bridgehead atoms. The average Bonchev–Trinajstić information content (AvgIpc) is 1.76. The minimum absolute atomic E-state index is 0. The second-order valence-corrected chi connectivity index (χ2v) is 0.641. The molecule has 2 nitrogen and oxygen atoms in total. The van der Waals surface area contributed by atoms with Crippen molar-refractivity contribution in [1.29, 1.82) is 0 Å². The van der Waals surface area contributed by atoms with Crippen LogP contribution >= 0.6 is 0 Å². The van der Waals surface area contributed by atoms with Gasteiger partial charge in [0.05, 0.1) is 0 Å². The number of aromatic nitrogens is 2. The number of rotatable bonds is 0. The molecule has 1 N–H and O–H groups in total. The number of hydrogen-bond donors (Lipinski definition) is 1. The van der Waals surface area contributed by atoms with E-state index in [1.807, 2.05) is 0 Å². The Kier molecular flexibility index (Phi) is 9.81. The molecule has 2 radical (unpaired) electrons. The third-order valence-electron chi connectivity index (χ3n) is 0.322. The van der Waals surface area contributed by atoms with Crippen molar-refractivity contribution in [3.63, 3.8) is 0 Å². The smallest absolute Gasteiger partial charge is 0 e. The van der Waals surface area contributed by atoms with Gasteiger partial charge in [-0.2, -0.15) is 0 Å². The van der Waals surface area contributed by atoms with E-state index in [1.165, 1.54) is 0 Å². The summed E-state index contributed by atoms with van der Waals surface area (Å²) in [7, 11) is 0. The Morgan fingerprint density at radius 3 is 2.29 bits per heavy atom. The standard InChI is InChI=1S/C3H2N2.2Re/c1-2-4-5-3-1;;/h1H,(H,4,5);;/q-2;;. The van der Waals surface area contributed by atoms with E-state index in [2.05, 4.69) is 22.6 Å². The maximum Gasteiger partial charge on any atom is 0 e. The van der Waals surface area contributed by atoms with Gasteiger partial charge < -0.3 is 28.7 Å². The summed E-state index contributed by atoms with van der Waals surface area (Å²) in [4.78, 5) is 0. The van der Waals surface area contributed by atoms with Crippen LogP contribution in [0, 0.1) is 12.4 Å². The van der Waals surface area contributed by atoms with E-state index >= 15 is 0 Å². The molecule has 0 fully saturated rings. The quantitative estimate of drug-likeness (QED) is 0.568. The molecule has 0 unspecified atom stereocenters. The second kappa shape index (κ2) is 6.53. The van der Waals surface area contributed by atoms with Crippen LogP contribution in [0.15, 0.2) is 6.07 Å². The third kappa shape index (κ3) is 4.39. The topological polar surface area (TPSA) is 28.7 Å². The van der Waals surface area contributed by atoms with Crippen molar-refractivity contribution in [2.45, 2.75) is 0 Å². The van der Waals surface area contributed by atoms with Gasteiger partial charge in [0.1, 0.15) is 0 Å². The molecule has 0 aromatic carbocycles. The van der Waals surface area contributed by atoms with Crippen LogP contribution in [0.1, 0.15) is 0 Å². The summed E-state index contributed by atoms with van der Waals surface area (Å²) in [6.07, 6.45) is 5.07. The summed E-state index contributed by atoms with van der Waals surface area (Å²) in [5.74, 6) is 0. The molecule has 0 amide bonds. The van der Waals surface area contributed by atoms with Crippen LogP contribution in [0.4, 0.5) is 0 Å². The molecule has 1 rings (SSSR count). The van der Waals surface area contributed by atoms with Gasteiger partial charge in [0.25, 0.3) is 0 Å². The van der Waals surface area contributed by atoms with Gasteiger partial charge in [-0.15, -0.1) is 0 Å². The minimum atomic E-state index is 0. The fourth-order valence-corrected chi connectivity index (χ4v) is 0.161. The molecule has 0 spiro atoms. The maximum atomic E-state index is 3.42. The van der Waals surface area contributed by atoms with Crippen molar-refractivity contribution < 1.29 is 40.8 Å². The van der Waals surface area contributed by atoms with Gasteiger partial charge in [0.15, 0.2) is 0 Å². The van der Waals surface area contributed by atoms with Gasteiger partial charge in [-0.25, -0.2) is 0 Å². The van der Waals surface area contributed by atoms with Crippen molar-refractivity contribution >= 4 is 0 Å². The van der Waals surface area contributed by atoms with Crippen LogP contribution in [0.25, 0.3) is 0 Å². The molecular formula is C3H2N2Re2-2. The number of nitrogens with zero attached hydrogens (tertiary/aromatic N) is 1. The van der Waals surface area contributed by atoms with E-state index in [9.17, 15) is 0 Å². The van der Waals surface area contributed by atoms with Crippen molar-refractivity contribution in [2.24, 2.45) is 0 Å². The maximum absolute atomic E-state index is 3.42. The molecule has 0 saturated carbocycles. The molecule has 0 saturated heterocycles. The van der Waals surface area contributed by atoms with E-state index in [4.69, 9.17) is 0 Å². The monoisotopic (exact) mass is 440 g/mol. The van der Waals surface area contributed by atoms with Gasteiger partial charge in [-0.3, -0.25) is 0 Å². The van der Waals surface area contributed by atoms with Crippen molar-refractivity contribution in [2.75, 3.05) is 0 Å². The van der Waals surface area contributed by atoms with Crippen LogP contribution in [0.3, 0.4) is 0 Å². The Bertz CT molecular complexity index is 67.4. The predicted octanol–water partition coefficient (Wildman–Crippen LogP) is 0.00508. The molecule has 1 aromatic rings. The summed E-state index contributed by atoms with van der Waals surface area (Å²) in [5.41, 5.74) is 0. The van der Waals surface area contributed by atoms with Gasteiger partial charge in [0.2, 0.25) is 0 Å². The van der Waals surface area contributed by atoms with Crippen LogP contribution in [-0.4, -0.2) is 10.2 Å². The van der Waals surface area contributed by atoms with Crippen molar-refractivity contribution in [3.8, 4) is 0 Å². The number of H-pyrrole nitrogens is 1. The Hall–Kier alpha value is 0.535. The van der Waals surface area contributed by atoms with Crippen LogP contribution in [0.5, 0.6) is 0 Å². The fourth-order valence-electron chi connectivity index (χ4n) is 0.161. The molecule has 7 heavy (non-hydrogen) atoms. The third-order valence-corrected chi connectivity index (χ3v) is 0.322. The second-order valence-electron chi connectivity index (χ2n) is 0.641. The Morgan fingerprint density at radius 1 is 1.43 bits per heavy atom. The van der Waals surface area contributed by atoms with E-state index in [-0.39, 0.29) is 40.8 Å². The molecule has 1 aromatic heterocycles. The first kappa shape index (κ1) is 10.5. The zero-order chi connectivity index (χ0) is 3.54. The van der Waals surface area contributed by atoms with Gasteiger partial charge in [-0.1, -0.05) is 0 Å². The Balaban J connectivity index is 0. The molecule has 0 aliphatic rings. The molecular weight excluding hydrogens is 436 g/mol. The summed E-state index contributed by atoms with van der Waals surface area (Å²) < 4.78 is 0. The fraction of sp³-hybridized carbons (Fsp3) is 0. The summed E-state index contributed by atoms with van der Waals surface area (Å²) in [6, 6.07) is 1.58. The van der Waals surface area contributed by atoms with E-state index in [1.54, 1.807) is 6.07 Å². The summed E-state index contributed by atoms with van der Waals surface area (Å²) in [6.45, 7) is 0. The zero-order valence-electron chi connectivity index (χ0n) is 3.28.